The second kappa shape index (κ2) is 8.90. The molecule has 6 aliphatic rings. The number of ketones is 3. The molecule has 230 valence electrons. The molecule has 7 rings (SSSR count). The number of allylic oxidation sites excluding steroid dienone is 3. The first-order chi connectivity index (χ1) is 19.9. The van der Waals surface area contributed by atoms with Crippen LogP contribution in [0.3, 0.4) is 0 Å². The molecule has 1 aliphatic heterocycles. The van der Waals surface area contributed by atoms with Crippen molar-refractivity contribution in [1.82, 2.24) is 0 Å². The number of aliphatic hydroxyl groups is 1. The molecule has 5 bridgehead atoms. The number of fused-ring (bicyclic) bond motifs is 1. The summed E-state index contributed by atoms with van der Waals surface area (Å²) in [4.78, 5) is 58.4. The zero-order valence-corrected chi connectivity index (χ0v) is 25.7. The van der Waals surface area contributed by atoms with Gasteiger partial charge in [-0.15, -0.1) is 6.58 Å². The van der Waals surface area contributed by atoms with Crippen molar-refractivity contribution >= 4 is 23.3 Å². The Hall–Kier alpha value is -3.26. The van der Waals surface area contributed by atoms with Gasteiger partial charge in [0.05, 0.1) is 17.3 Å². The van der Waals surface area contributed by atoms with Gasteiger partial charge in [-0.1, -0.05) is 24.1 Å². The van der Waals surface area contributed by atoms with E-state index in [4.69, 9.17) is 4.74 Å². The third-order valence-electron chi connectivity index (χ3n) is 12.2. The molecule has 0 aromatic heterocycles. The molecule has 0 spiro atoms. The maximum Gasteiger partial charge on any atom is 0.306 e. The van der Waals surface area contributed by atoms with E-state index in [1.807, 2.05) is 33.8 Å². The van der Waals surface area contributed by atoms with Crippen molar-refractivity contribution in [2.45, 2.75) is 97.2 Å². The fourth-order valence-corrected chi connectivity index (χ4v) is 10.5. The van der Waals surface area contributed by atoms with Crippen molar-refractivity contribution in [3.63, 3.8) is 0 Å². The largest absolute Gasteiger partial charge is 0.504 e. The van der Waals surface area contributed by atoms with E-state index in [0.29, 0.717) is 19.3 Å². The monoisotopic (exact) mass is 590 g/mol. The molecule has 8 nitrogen and oxygen atoms in total. The summed E-state index contributed by atoms with van der Waals surface area (Å²) in [5.41, 5.74) is -7.67. The zero-order valence-electron chi connectivity index (χ0n) is 25.7. The van der Waals surface area contributed by atoms with Crippen LogP contribution in [0.4, 0.5) is 0 Å². The van der Waals surface area contributed by atoms with Crippen LogP contribution in [0.2, 0.25) is 0 Å². The minimum atomic E-state index is -2.14. The lowest BCUT2D eigenvalue weighted by Gasteiger charge is -2.69. The predicted molar refractivity (Wildman–Crippen MR) is 157 cm³/mol. The quantitative estimate of drug-likeness (QED) is 0.127. The Balaban J connectivity index is 1.71. The SMILES string of the molecule is C=C(C)CC[C@@H]1C[C@]23C[C@@H]4CC(=O)O[C@]4(C)C[C@@]4(C(=O)c5ccc(O)c(O)c5)C(=O)[C@](CC=C(C)C)(C[C@@]1(C)[C@@]24O)C3=O. The summed E-state index contributed by atoms with van der Waals surface area (Å²) >= 11 is 0. The highest BCUT2D eigenvalue weighted by atomic mass is 16.6. The molecule has 1 aromatic rings. The number of benzene rings is 1. The van der Waals surface area contributed by atoms with Crippen LogP contribution >= 0.6 is 0 Å². The number of carbonyl (C=O) groups excluding carboxylic acids is 4. The highest BCUT2D eigenvalue weighted by Gasteiger charge is 2.93. The summed E-state index contributed by atoms with van der Waals surface area (Å²) in [6.07, 6.45) is 3.64. The van der Waals surface area contributed by atoms with Gasteiger partial charge >= 0.3 is 5.97 Å². The standard InChI is InChI=1S/C35H42O8/c1-19(2)7-9-22-15-33-16-23-14-26(38)43-31(23,6)18-34(27(39)21-8-10-24(36)25(37)13-21)29(41)32(28(33)40,12-11-20(3)4)17-30(22,5)35(33,34)42/h8,10-11,13,22-23,36-37,42H,1,7,9,12,14-18H2,2-6H3/t22-,23+,30-,31-,32-,33-,34-,35-/m1/s1. The van der Waals surface area contributed by atoms with Gasteiger partial charge in [-0.05, 0) is 90.3 Å². The molecule has 43 heavy (non-hydrogen) atoms. The van der Waals surface area contributed by atoms with E-state index in [9.17, 15) is 20.1 Å². The fraction of sp³-hybridized carbons (Fsp3) is 0.600. The number of rotatable bonds is 7. The van der Waals surface area contributed by atoms with Crippen LogP contribution in [-0.2, 0) is 19.1 Å². The lowest BCUT2D eigenvalue weighted by atomic mass is 9.32. The summed E-state index contributed by atoms with van der Waals surface area (Å²) < 4.78 is 5.93. The normalized spacial score (nSPS) is 42.3. The first-order valence-corrected chi connectivity index (χ1v) is 15.3. The third kappa shape index (κ3) is 3.36. The molecule has 3 N–H and O–H groups in total. The average Bonchev–Trinajstić information content (AvgIpc) is 3.25. The van der Waals surface area contributed by atoms with E-state index in [1.165, 1.54) is 12.1 Å². The van der Waals surface area contributed by atoms with E-state index in [2.05, 4.69) is 6.58 Å². The number of esters is 1. The summed E-state index contributed by atoms with van der Waals surface area (Å²) in [6.45, 7) is 13.5. The topological polar surface area (TPSA) is 138 Å². The first-order valence-electron chi connectivity index (χ1n) is 15.3. The molecule has 5 saturated carbocycles. The summed E-state index contributed by atoms with van der Waals surface area (Å²) in [6, 6.07) is 3.62. The minimum absolute atomic E-state index is 0.0359. The third-order valence-corrected chi connectivity index (χ3v) is 12.2. The van der Waals surface area contributed by atoms with Crippen LogP contribution in [0.15, 0.2) is 42.0 Å². The summed E-state index contributed by atoms with van der Waals surface area (Å²) in [5.74, 6) is -3.75. The Kier molecular flexibility index (Phi) is 6.17. The van der Waals surface area contributed by atoms with Gasteiger partial charge in [-0.3, -0.25) is 19.2 Å². The van der Waals surface area contributed by atoms with Gasteiger partial charge in [0.1, 0.15) is 16.6 Å². The Morgan fingerprint density at radius 2 is 1.74 bits per heavy atom. The van der Waals surface area contributed by atoms with E-state index in [0.717, 1.165) is 17.2 Å². The van der Waals surface area contributed by atoms with Crippen LogP contribution in [0.1, 0.15) is 96.3 Å². The van der Waals surface area contributed by atoms with Crippen molar-refractivity contribution < 1.29 is 39.2 Å². The van der Waals surface area contributed by atoms with E-state index in [1.54, 1.807) is 6.92 Å². The van der Waals surface area contributed by atoms with Gasteiger partial charge in [0, 0.05) is 23.3 Å². The van der Waals surface area contributed by atoms with Crippen molar-refractivity contribution in [2.75, 3.05) is 0 Å². The molecule has 0 radical (unpaired) electrons. The van der Waals surface area contributed by atoms with Crippen molar-refractivity contribution in [3.05, 3.63) is 47.6 Å². The van der Waals surface area contributed by atoms with Gasteiger partial charge < -0.3 is 20.1 Å². The number of hydrogen-bond donors (Lipinski definition) is 3. The number of ether oxygens (including phenoxy) is 1. The van der Waals surface area contributed by atoms with Crippen LogP contribution < -0.4 is 0 Å². The number of phenols is 2. The van der Waals surface area contributed by atoms with Crippen LogP contribution in [-0.4, -0.2) is 49.8 Å². The molecule has 0 unspecified atom stereocenters. The van der Waals surface area contributed by atoms with Gasteiger partial charge in [0.25, 0.3) is 0 Å². The van der Waals surface area contributed by atoms with Gasteiger partial charge in [-0.2, -0.15) is 0 Å². The second-order valence-electron chi connectivity index (χ2n) is 15.0. The molecular weight excluding hydrogens is 548 g/mol. The number of phenolic OH excluding ortho intramolecular Hbond substituents is 2. The van der Waals surface area contributed by atoms with Crippen molar-refractivity contribution in [3.8, 4) is 11.5 Å². The van der Waals surface area contributed by atoms with Gasteiger partial charge in [-0.25, -0.2) is 0 Å². The number of aromatic hydroxyl groups is 2. The highest BCUT2D eigenvalue weighted by Crippen LogP contribution is 2.83. The van der Waals surface area contributed by atoms with Crippen molar-refractivity contribution in [2.24, 2.45) is 33.5 Å². The molecule has 8 atom stereocenters. The second-order valence-corrected chi connectivity index (χ2v) is 15.0. The lowest BCUT2D eigenvalue weighted by molar-refractivity contribution is -0.256. The average molecular weight is 591 g/mol. The van der Waals surface area contributed by atoms with Gasteiger partial charge in [0.2, 0.25) is 0 Å². The summed E-state index contributed by atoms with van der Waals surface area (Å²) in [7, 11) is 0. The first kappa shape index (κ1) is 29.8. The smallest absolute Gasteiger partial charge is 0.306 e. The van der Waals surface area contributed by atoms with Crippen LogP contribution in [0.25, 0.3) is 0 Å². The maximum absolute atomic E-state index is 15.3. The molecule has 1 saturated heterocycles. The number of Topliss-reactive ketones (excluding diaryl/α,β-unsaturated/α-hetero) is 3. The molecule has 0 amide bonds. The predicted octanol–water partition coefficient (Wildman–Crippen LogP) is 5.38. The van der Waals surface area contributed by atoms with E-state index >= 15 is 14.4 Å². The molecule has 5 aliphatic carbocycles. The number of carbonyl (C=O) groups is 4. The number of hydrogen-bond acceptors (Lipinski definition) is 8. The van der Waals surface area contributed by atoms with Crippen molar-refractivity contribution in [1.29, 1.82) is 0 Å². The Labute approximate surface area is 252 Å². The Morgan fingerprint density at radius 3 is 2.37 bits per heavy atom. The summed E-state index contributed by atoms with van der Waals surface area (Å²) in [5, 5.41) is 34.0. The Morgan fingerprint density at radius 1 is 1.05 bits per heavy atom. The van der Waals surface area contributed by atoms with Crippen LogP contribution in [0, 0.1) is 33.5 Å². The molecule has 1 aromatic carbocycles. The minimum Gasteiger partial charge on any atom is -0.504 e. The van der Waals surface area contributed by atoms with E-state index in [-0.39, 0.29) is 49.4 Å². The lowest BCUT2D eigenvalue weighted by Crippen LogP contribution is -2.83. The molecule has 8 heteroatoms. The highest BCUT2D eigenvalue weighted by molar-refractivity contribution is 6.27. The van der Waals surface area contributed by atoms with E-state index < -0.39 is 67.8 Å². The fourth-order valence-electron chi connectivity index (χ4n) is 10.5. The van der Waals surface area contributed by atoms with Crippen LogP contribution in [0.5, 0.6) is 11.5 Å². The molecule has 6 fully saturated rings. The Bertz CT molecular complexity index is 1540. The zero-order chi connectivity index (χ0) is 31.5. The van der Waals surface area contributed by atoms with Gasteiger partial charge in [0.15, 0.2) is 28.8 Å². The maximum atomic E-state index is 15.3. The molecule has 1 heterocycles. The molecular formula is C35H42O8.